The van der Waals surface area contributed by atoms with Gasteiger partial charge in [0.15, 0.2) is 5.13 Å². The number of nitrogens with two attached hydrogens (primary N) is 1. The minimum Gasteiger partial charge on any atom is -0.477 e. The van der Waals surface area contributed by atoms with E-state index in [2.05, 4.69) is 15.6 Å². The molecule has 15 heteroatoms. The summed E-state index contributed by atoms with van der Waals surface area (Å²) in [6, 6.07) is -0.969. The molecule has 0 unspecified atom stereocenters. The molecule has 4 amide bonds. The number of rotatable bonds is 8. The Kier molecular flexibility index (Phi) is 8.48. The third-order valence-corrected chi connectivity index (χ3v) is 7.06. The Labute approximate surface area is 220 Å². The summed E-state index contributed by atoms with van der Waals surface area (Å²) >= 11 is 2.33. The van der Waals surface area contributed by atoms with Crippen LogP contribution in [0.5, 0.6) is 0 Å². The van der Waals surface area contributed by atoms with E-state index in [1.165, 1.54) is 11.8 Å². The van der Waals surface area contributed by atoms with Crippen LogP contribution in [-0.4, -0.2) is 74.3 Å². The van der Waals surface area contributed by atoms with Gasteiger partial charge in [-0.15, -0.1) is 23.1 Å². The van der Waals surface area contributed by atoms with Crippen molar-refractivity contribution >= 4 is 63.8 Å². The lowest BCUT2D eigenvalue weighted by molar-refractivity contribution is -0.150. The van der Waals surface area contributed by atoms with E-state index in [0.29, 0.717) is 12.1 Å². The van der Waals surface area contributed by atoms with E-state index in [0.717, 1.165) is 16.2 Å². The number of carbonyl (C=O) groups is 5. The number of thioether (sulfide) groups is 1. The SMILES string of the molecule is CCC=C(C(=O)N[C@@H]1C(=O)N2C(C(=O)O)=C(COC(N)=O)CS[C@@H]12)c1csc(NC(=O)OC(C)(C)C)n1. The van der Waals surface area contributed by atoms with Crippen molar-refractivity contribution in [2.75, 3.05) is 17.7 Å². The van der Waals surface area contributed by atoms with Gasteiger partial charge in [-0.25, -0.2) is 19.4 Å². The number of amides is 4. The van der Waals surface area contributed by atoms with Gasteiger partial charge in [-0.2, -0.15) is 0 Å². The van der Waals surface area contributed by atoms with E-state index in [1.807, 2.05) is 6.92 Å². The molecule has 2 aliphatic heterocycles. The number of fused-ring (bicyclic) bond motifs is 1. The maximum atomic E-state index is 13.1. The van der Waals surface area contributed by atoms with Gasteiger partial charge in [-0.3, -0.25) is 19.8 Å². The average molecular weight is 554 g/mol. The molecule has 0 aromatic carbocycles. The van der Waals surface area contributed by atoms with Crippen LogP contribution in [0.3, 0.4) is 0 Å². The standard InChI is InChI=1S/C22H27N5O8S2/c1-5-6-11(12-9-37-20(24-12)26-21(33)35-22(2,3)4)15(28)25-13-16(29)27-14(18(30)31)10(7-34-19(23)32)8-36-17(13)27/h6,9,13,17H,5,7-8H2,1-4H3,(H2,23,32)(H,25,28)(H,30,31)(H,24,26,33)/t13-,17+/m1/s1. The number of hydrogen-bond donors (Lipinski definition) is 4. The van der Waals surface area contributed by atoms with E-state index in [9.17, 15) is 29.1 Å². The third-order valence-electron chi connectivity index (χ3n) is 4.97. The molecule has 1 aromatic heterocycles. The Morgan fingerprint density at radius 3 is 2.62 bits per heavy atom. The topological polar surface area (TPSA) is 190 Å². The Balaban J connectivity index is 1.72. The number of hydrogen-bond acceptors (Lipinski definition) is 10. The molecule has 2 atom stereocenters. The van der Waals surface area contributed by atoms with Crippen molar-refractivity contribution in [3.63, 3.8) is 0 Å². The number of carbonyl (C=O) groups excluding carboxylic acids is 4. The summed E-state index contributed by atoms with van der Waals surface area (Å²) in [5.74, 6) is -2.37. The number of carboxylic acids is 1. The summed E-state index contributed by atoms with van der Waals surface area (Å²) in [7, 11) is 0. The summed E-state index contributed by atoms with van der Waals surface area (Å²) in [5.41, 5.74) is 4.70. The fourth-order valence-corrected chi connectivity index (χ4v) is 5.56. The number of anilines is 1. The summed E-state index contributed by atoms with van der Waals surface area (Å²) in [5, 5.41) is 16.0. The quantitative estimate of drug-likeness (QED) is 0.274. The number of aromatic nitrogens is 1. The highest BCUT2D eigenvalue weighted by Gasteiger charge is 2.54. The zero-order valence-electron chi connectivity index (χ0n) is 20.5. The maximum Gasteiger partial charge on any atom is 0.413 e. The van der Waals surface area contributed by atoms with Crippen molar-refractivity contribution in [2.45, 2.75) is 51.1 Å². The molecule has 5 N–H and O–H groups in total. The monoisotopic (exact) mass is 553 g/mol. The highest BCUT2D eigenvalue weighted by molar-refractivity contribution is 8.00. The number of nitrogens with one attached hydrogen (secondary N) is 2. The number of allylic oxidation sites excluding steroid dienone is 1. The molecule has 3 rings (SSSR count). The summed E-state index contributed by atoms with van der Waals surface area (Å²) in [4.78, 5) is 66.1. The van der Waals surface area contributed by atoms with Gasteiger partial charge in [0.2, 0.25) is 0 Å². The first-order valence-corrected chi connectivity index (χ1v) is 13.0. The first kappa shape index (κ1) is 28.0. The Bertz CT molecular complexity index is 1190. The molecule has 0 radical (unpaired) electrons. The molecule has 37 heavy (non-hydrogen) atoms. The molecule has 200 valence electrons. The molecule has 0 bridgehead atoms. The molecule has 1 fully saturated rings. The predicted octanol–water partition coefficient (Wildman–Crippen LogP) is 2.12. The fourth-order valence-electron chi connectivity index (χ4n) is 3.54. The lowest BCUT2D eigenvalue weighted by atomic mass is 10.0. The predicted molar refractivity (Wildman–Crippen MR) is 135 cm³/mol. The normalized spacial score (nSPS) is 19.5. The van der Waals surface area contributed by atoms with Crippen LogP contribution >= 0.6 is 23.1 Å². The van der Waals surface area contributed by atoms with Gasteiger partial charge < -0.3 is 25.6 Å². The fraction of sp³-hybridized carbons (Fsp3) is 0.455. The number of thiazole rings is 1. The Morgan fingerprint density at radius 1 is 1.32 bits per heavy atom. The molecule has 0 aliphatic carbocycles. The molecular weight excluding hydrogens is 526 g/mol. The molecule has 3 heterocycles. The molecule has 13 nitrogen and oxygen atoms in total. The summed E-state index contributed by atoms with van der Waals surface area (Å²) in [6.07, 6.45) is 0.383. The Morgan fingerprint density at radius 2 is 2.03 bits per heavy atom. The van der Waals surface area contributed by atoms with Gasteiger partial charge in [-0.05, 0) is 27.2 Å². The first-order valence-electron chi connectivity index (χ1n) is 11.1. The second-order valence-corrected chi connectivity index (χ2v) is 10.9. The largest absolute Gasteiger partial charge is 0.477 e. The minimum absolute atomic E-state index is 0.166. The lowest BCUT2D eigenvalue weighted by Crippen LogP contribution is -2.70. The first-order chi connectivity index (χ1) is 17.3. The van der Waals surface area contributed by atoms with Crippen LogP contribution in [0, 0.1) is 0 Å². The Hall–Kier alpha value is -3.59. The average Bonchev–Trinajstić information content (AvgIpc) is 3.24. The van der Waals surface area contributed by atoms with Crippen LogP contribution in [-0.2, 0) is 23.9 Å². The molecule has 1 aromatic rings. The minimum atomic E-state index is -1.36. The van der Waals surface area contributed by atoms with Gasteiger partial charge in [-0.1, -0.05) is 13.0 Å². The van der Waals surface area contributed by atoms with Crippen molar-refractivity contribution in [2.24, 2.45) is 5.73 Å². The van der Waals surface area contributed by atoms with Crippen LogP contribution in [0.15, 0.2) is 22.7 Å². The highest BCUT2D eigenvalue weighted by Crippen LogP contribution is 2.40. The van der Waals surface area contributed by atoms with Gasteiger partial charge in [0.1, 0.15) is 29.3 Å². The van der Waals surface area contributed by atoms with Gasteiger partial charge in [0.25, 0.3) is 11.8 Å². The van der Waals surface area contributed by atoms with E-state index in [1.54, 1.807) is 32.2 Å². The zero-order chi connectivity index (χ0) is 27.5. The molecule has 1 saturated heterocycles. The summed E-state index contributed by atoms with van der Waals surface area (Å²) in [6.45, 7) is 6.65. The third kappa shape index (κ3) is 6.60. The van der Waals surface area contributed by atoms with Crippen LogP contribution in [0.25, 0.3) is 5.57 Å². The van der Waals surface area contributed by atoms with Crippen molar-refractivity contribution in [3.8, 4) is 0 Å². The van der Waals surface area contributed by atoms with Crippen molar-refractivity contribution in [3.05, 3.63) is 28.4 Å². The molecular formula is C22H27N5O8S2. The van der Waals surface area contributed by atoms with Crippen molar-refractivity contribution in [1.82, 2.24) is 15.2 Å². The maximum absolute atomic E-state index is 13.1. The number of carboxylic acid groups (broad SMARTS) is 1. The number of nitrogens with zero attached hydrogens (tertiary/aromatic N) is 2. The number of ether oxygens (including phenoxy) is 2. The van der Waals surface area contributed by atoms with E-state index < -0.39 is 47.0 Å². The molecule has 0 spiro atoms. The van der Waals surface area contributed by atoms with Crippen molar-refractivity contribution in [1.29, 1.82) is 0 Å². The van der Waals surface area contributed by atoms with Crippen LogP contribution < -0.4 is 16.4 Å². The lowest BCUT2D eigenvalue weighted by Gasteiger charge is -2.49. The van der Waals surface area contributed by atoms with E-state index in [-0.39, 0.29) is 34.3 Å². The van der Waals surface area contributed by atoms with Gasteiger partial charge >= 0.3 is 18.2 Å². The number of aliphatic carboxylic acids is 1. The van der Waals surface area contributed by atoms with Crippen LogP contribution in [0.1, 0.15) is 39.8 Å². The summed E-state index contributed by atoms with van der Waals surface area (Å²) < 4.78 is 9.91. The molecule has 0 saturated carbocycles. The van der Waals surface area contributed by atoms with E-state index >= 15 is 0 Å². The molecule has 2 aliphatic rings. The van der Waals surface area contributed by atoms with E-state index in [4.69, 9.17) is 15.2 Å². The van der Waals surface area contributed by atoms with Crippen molar-refractivity contribution < 1.29 is 38.6 Å². The zero-order valence-corrected chi connectivity index (χ0v) is 22.2. The second kappa shape index (κ2) is 11.2. The van der Waals surface area contributed by atoms with Crippen LogP contribution in [0.4, 0.5) is 14.7 Å². The highest BCUT2D eigenvalue weighted by atomic mass is 32.2. The van der Waals surface area contributed by atoms with Crippen LogP contribution in [0.2, 0.25) is 0 Å². The smallest absolute Gasteiger partial charge is 0.413 e. The number of β-lactam (4-membered cyclic amide) rings is 1. The second-order valence-electron chi connectivity index (χ2n) is 8.92. The van der Waals surface area contributed by atoms with Gasteiger partial charge in [0, 0.05) is 16.7 Å². The number of primary amides is 1. The van der Waals surface area contributed by atoms with Gasteiger partial charge in [0.05, 0.1) is 11.3 Å².